The molecule has 0 aliphatic carbocycles. The molecule has 2 amide bonds. The van der Waals surface area contributed by atoms with Crippen LogP contribution in [0.1, 0.15) is 41.5 Å². The normalized spacial score (nSPS) is 13.9. The molecule has 0 aliphatic rings. The Kier molecular flexibility index (Phi) is 5.20. The third kappa shape index (κ3) is 4.20. The molecule has 2 N–H and O–H groups in total. The highest BCUT2D eigenvalue weighted by molar-refractivity contribution is 5.85. The molecule has 18 heavy (non-hydrogen) atoms. The van der Waals surface area contributed by atoms with Crippen LogP contribution in [0.2, 0.25) is 0 Å². The summed E-state index contributed by atoms with van der Waals surface area (Å²) in [7, 11) is 1.49. The van der Waals surface area contributed by atoms with Crippen molar-refractivity contribution in [1.29, 1.82) is 0 Å². The van der Waals surface area contributed by atoms with E-state index in [-0.39, 0.29) is 11.4 Å². The summed E-state index contributed by atoms with van der Waals surface area (Å²) in [5.74, 6) is -0.716. The van der Waals surface area contributed by atoms with Gasteiger partial charge in [-0.25, -0.2) is 9.59 Å². The van der Waals surface area contributed by atoms with Gasteiger partial charge in [-0.1, -0.05) is 27.7 Å². The van der Waals surface area contributed by atoms with Crippen LogP contribution in [0.5, 0.6) is 0 Å². The molecule has 0 aromatic rings. The number of nitrogens with one attached hydrogen (secondary N) is 1. The number of hydrogen-bond acceptors (Lipinski definition) is 2. The zero-order valence-electron chi connectivity index (χ0n) is 12.5. The van der Waals surface area contributed by atoms with E-state index in [4.69, 9.17) is 5.11 Å². The highest BCUT2D eigenvalue weighted by Crippen LogP contribution is 2.24. The van der Waals surface area contributed by atoms with Crippen molar-refractivity contribution in [2.45, 2.75) is 47.1 Å². The number of carbonyl (C=O) groups is 2. The second-order valence-corrected chi connectivity index (χ2v) is 6.38. The maximum atomic E-state index is 11.9. The molecular weight excluding hydrogens is 232 g/mol. The van der Waals surface area contributed by atoms with E-state index in [1.807, 2.05) is 0 Å². The van der Waals surface area contributed by atoms with Crippen LogP contribution in [-0.2, 0) is 4.79 Å². The molecule has 0 rings (SSSR count). The van der Waals surface area contributed by atoms with Gasteiger partial charge < -0.3 is 15.3 Å². The van der Waals surface area contributed by atoms with Crippen LogP contribution in [0.4, 0.5) is 4.79 Å². The van der Waals surface area contributed by atoms with Crippen molar-refractivity contribution in [2.24, 2.45) is 11.3 Å². The van der Waals surface area contributed by atoms with Crippen LogP contribution >= 0.6 is 0 Å². The molecule has 0 saturated carbocycles. The molecule has 5 heteroatoms. The second kappa shape index (κ2) is 5.59. The molecule has 0 aromatic carbocycles. The van der Waals surface area contributed by atoms with Gasteiger partial charge in [-0.3, -0.25) is 0 Å². The summed E-state index contributed by atoms with van der Waals surface area (Å²) < 4.78 is 0. The summed E-state index contributed by atoms with van der Waals surface area (Å²) in [5.41, 5.74) is -1.11. The number of nitrogens with zero attached hydrogens (tertiary/aromatic N) is 1. The fourth-order valence-corrected chi connectivity index (χ4v) is 1.06. The molecule has 0 radical (unpaired) electrons. The van der Waals surface area contributed by atoms with Crippen molar-refractivity contribution < 1.29 is 14.7 Å². The smallest absolute Gasteiger partial charge is 0.329 e. The Morgan fingerprint density at radius 2 is 1.67 bits per heavy atom. The SMILES string of the molecule is CC(CNC(=O)N(C)C(C)(C)C(=O)O)C(C)(C)C. The van der Waals surface area contributed by atoms with Gasteiger partial charge in [0.15, 0.2) is 0 Å². The quantitative estimate of drug-likeness (QED) is 0.812. The van der Waals surface area contributed by atoms with Crippen LogP contribution < -0.4 is 5.32 Å². The summed E-state index contributed by atoms with van der Waals surface area (Å²) in [5, 5.41) is 11.8. The lowest BCUT2D eigenvalue weighted by molar-refractivity contribution is -0.146. The van der Waals surface area contributed by atoms with E-state index in [1.54, 1.807) is 0 Å². The Morgan fingerprint density at radius 3 is 2.00 bits per heavy atom. The molecule has 0 fully saturated rings. The molecule has 0 saturated heterocycles. The molecule has 0 bridgehead atoms. The Hall–Kier alpha value is -1.26. The minimum atomic E-state index is -1.21. The van der Waals surface area contributed by atoms with Gasteiger partial charge in [-0.15, -0.1) is 0 Å². The Labute approximate surface area is 110 Å². The van der Waals surface area contributed by atoms with Crippen molar-refractivity contribution in [3.63, 3.8) is 0 Å². The fraction of sp³-hybridized carbons (Fsp3) is 0.846. The average Bonchev–Trinajstić information content (AvgIpc) is 2.22. The summed E-state index contributed by atoms with van der Waals surface area (Å²) in [6.07, 6.45) is 0. The zero-order chi connectivity index (χ0) is 14.7. The van der Waals surface area contributed by atoms with Gasteiger partial charge in [0, 0.05) is 13.6 Å². The Morgan fingerprint density at radius 1 is 1.22 bits per heavy atom. The Balaban J connectivity index is 4.48. The van der Waals surface area contributed by atoms with Gasteiger partial charge in [0.05, 0.1) is 0 Å². The zero-order valence-corrected chi connectivity index (χ0v) is 12.5. The first-order valence-electron chi connectivity index (χ1n) is 6.15. The highest BCUT2D eigenvalue weighted by atomic mass is 16.4. The minimum absolute atomic E-state index is 0.105. The molecule has 0 aromatic heterocycles. The predicted molar refractivity (Wildman–Crippen MR) is 71.5 cm³/mol. The first kappa shape index (κ1) is 16.7. The van der Waals surface area contributed by atoms with Crippen molar-refractivity contribution in [3.05, 3.63) is 0 Å². The lowest BCUT2D eigenvalue weighted by atomic mass is 9.82. The van der Waals surface area contributed by atoms with E-state index in [1.165, 1.54) is 25.8 Å². The van der Waals surface area contributed by atoms with Gasteiger partial charge in [0.25, 0.3) is 0 Å². The number of rotatable bonds is 4. The summed E-state index contributed by atoms with van der Waals surface area (Å²) in [6, 6.07) is -0.362. The number of carboxylic acids is 1. The first-order chi connectivity index (χ1) is 7.90. The molecule has 106 valence electrons. The average molecular weight is 258 g/mol. The van der Waals surface area contributed by atoms with E-state index >= 15 is 0 Å². The third-order valence-corrected chi connectivity index (χ3v) is 3.70. The number of likely N-dealkylation sites (N-methyl/N-ethyl adjacent to an activating group) is 1. The third-order valence-electron chi connectivity index (χ3n) is 3.70. The van der Waals surface area contributed by atoms with Crippen LogP contribution in [0.3, 0.4) is 0 Å². The van der Waals surface area contributed by atoms with Gasteiger partial charge in [0.1, 0.15) is 5.54 Å². The molecule has 0 spiro atoms. The van der Waals surface area contributed by atoms with E-state index in [0.29, 0.717) is 12.5 Å². The largest absolute Gasteiger partial charge is 0.480 e. The Bertz CT molecular complexity index is 319. The molecule has 0 aliphatic heterocycles. The fourth-order valence-electron chi connectivity index (χ4n) is 1.06. The van der Waals surface area contributed by atoms with Crippen LogP contribution in [0.25, 0.3) is 0 Å². The lowest BCUT2D eigenvalue weighted by Crippen LogP contribution is -2.54. The maximum absolute atomic E-state index is 11.9. The molecule has 1 unspecified atom stereocenters. The minimum Gasteiger partial charge on any atom is -0.480 e. The standard InChI is InChI=1S/C13H26N2O3/c1-9(12(2,3)4)8-14-11(18)15(7)13(5,6)10(16)17/h9H,8H2,1-7H3,(H,14,18)(H,16,17). The topological polar surface area (TPSA) is 69.6 Å². The monoisotopic (exact) mass is 258 g/mol. The van der Waals surface area contributed by atoms with E-state index < -0.39 is 11.5 Å². The van der Waals surface area contributed by atoms with E-state index in [2.05, 4.69) is 33.0 Å². The second-order valence-electron chi connectivity index (χ2n) is 6.38. The van der Waals surface area contributed by atoms with Crippen molar-refractivity contribution in [3.8, 4) is 0 Å². The van der Waals surface area contributed by atoms with E-state index in [9.17, 15) is 9.59 Å². The van der Waals surface area contributed by atoms with Gasteiger partial charge in [0.2, 0.25) is 0 Å². The predicted octanol–water partition coefficient (Wildman–Crippen LogP) is 2.17. The van der Waals surface area contributed by atoms with Gasteiger partial charge >= 0.3 is 12.0 Å². The molecular formula is C13H26N2O3. The number of amides is 2. The molecule has 1 atom stereocenters. The number of carboxylic acid groups (broad SMARTS) is 1. The maximum Gasteiger partial charge on any atom is 0.329 e. The van der Waals surface area contributed by atoms with Crippen LogP contribution in [0.15, 0.2) is 0 Å². The van der Waals surface area contributed by atoms with Crippen molar-refractivity contribution in [2.75, 3.05) is 13.6 Å². The molecule has 5 nitrogen and oxygen atoms in total. The number of carbonyl (C=O) groups excluding carboxylic acids is 1. The number of aliphatic carboxylic acids is 1. The van der Waals surface area contributed by atoms with Crippen molar-refractivity contribution >= 4 is 12.0 Å². The highest BCUT2D eigenvalue weighted by Gasteiger charge is 2.35. The summed E-state index contributed by atoms with van der Waals surface area (Å²) >= 11 is 0. The summed E-state index contributed by atoms with van der Waals surface area (Å²) in [4.78, 5) is 24.1. The van der Waals surface area contributed by atoms with Crippen molar-refractivity contribution in [1.82, 2.24) is 10.2 Å². The summed E-state index contributed by atoms with van der Waals surface area (Å²) in [6.45, 7) is 11.9. The van der Waals surface area contributed by atoms with E-state index in [0.717, 1.165) is 0 Å². The first-order valence-corrected chi connectivity index (χ1v) is 6.15. The molecule has 0 heterocycles. The van der Waals surface area contributed by atoms with Gasteiger partial charge in [-0.05, 0) is 25.2 Å². The van der Waals surface area contributed by atoms with Crippen LogP contribution in [-0.4, -0.2) is 41.1 Å². The van der Waals surface area contributed by atoms with Crippen LogP contribution in [0, 0.1) is 11.3 Å². The lowest BCUT2D eigenvalue weighted by Gasteiger charge is -2.33. The number of urea groups is 1. The number of hydrogen-bond donors (Lipinski definition) is 2. The van der Waals surface area contributed by atoms with Gasteiger partial charge in [-0.2, -0.15) is 0 Å².